The molecule has 0 bridgehead atoms. The Labute approximate surface area is 145 Å². The van der Waals surface area contributed by atoms with Crippen LogP contribution >= 0.6 is 15.9 Å². The number of halogens is 1. The van der Waals surface area contributed by atoms with Crippen molar-refractivity contribution in [3.63, 3.8) is 0 Å². The molecule has 5 heteroatoms. The third-order valence-corrected chi connectivity index (χ3v) is 5.17. The summed E-state index contributed by atoms with van der Waals surface area (Å²) in [6.45, 7) is 1.45. The summed E-state index contributed by atoms with van der Waals surface area (Å²) in [7, 11) is 0. The van der Waals surface area contributed by atoms with Crippen molar-refractivity contribution in [2.45, 2.75) is 44.6 Å². The van der Waals surface area contributed by atoms with Gasteiger partial charge in [-0.25, -0.2) is 0 Å². The van der Waals surface area contributed by atoms with Crippen LogP contribution in [0.4, 0.5) is 0 Å². The largest absolute Gasteiger partial charge is 0.356 e. The molecule has 0 spiro atoms. The molecule has 2 aliphatic rings. The predicted octanol–water partition coefficient (Wildman–Crippen LogP) is 3.42. The summed E-state index contributed by atoms with van der Waals surface area (Å²) in [6.07, 6.45) is 5.37. The summed E-state index contributed by atoms with van der Waals surface area (Å²) in [4.78, 5) is 26.1. The maximum absolute atomic E-state index is 12.5. The Bertz CT molecular complexity index is 569. The lowest BCUT2D eigenvalue weighted by Gasteiger charge is -2.25. The number of hydrogen-bond acceptors (Lipinski definition) is 2. The summed E-state index contributed by atoms with van der Waals surface area (Å²) < 4.78 is 1.06. The average molecular weight is 379 g/mol. The Morgan fingerprint density at radius 2 is 1.91 bits per heavy atom. The standard InChI is InChI=1S/C18H23BrN2O2/c19-15-9-7-13(8-10-15)16-3-2-12-21(16)17(22)4-1-11-20-18(23)14-5-6-14/h7-10,14,16H,1-6,11-12H2,(H,20,23)/t16-/m1/s1. The van der Waals surface area contributed by atoms with E-state index in [1.807, 2.05) is 17.0 Å². The number of amides is 2. The molecule has 3 rings (SSSR count). The summed E-state index contributed by atoms with van der Waals surface area (Å²) in [5.74, 6) is 0.605. The van der Waals surface area contributed by atoms with Crippen LogP contribution in [0.25, 0.3) is 0 Å². The van der Waals surface area contributed by atoms with Crippen molar-refractivity contribution in [2.24, 2.45) is 5.92 Å². The molecule has 1 heterocycles. The molecule has 0 aromatic heterocycles. The Hall–Kier alpha value is -1.36. The van der Waals surface area contributed by atoms with Crippen molar-refractivity contribution < 1.29 is 9.59 Å². The number of rotatable bonds is 6. The van der Waals surface area contributed by atoms with Crippen LogP contribution in [0.1, 0.15) is 50.1 Å². The Morgan fingerprint density at radius 3 is 2.61 bits per heavy atom. The summed E-state index contributed by atoms with van der Waals surface area (Å²) in [6, 6.07) is 8.46. The van der Waals surface area contributed by atoms with Crippen molar-refractivity contribution in [2.75, 3.05) is 13.1 Å². The van der Waals surface area contributed by atoms with Crippen LogP contribution in [0.15, 0.2) is 28.7 Å². The highest BCUT2D eigenvalue weighted by atomic mass is 79.9. The van der Waals surface area contributed by atoms with Gasteiger partial charge >= 0.3 is 0 Å². The van der Waals surface area contributed by atoms with Gasteiger partial charge in [0, 0.05) is 29.9 Å². The second-order valence-corrected chi connectivity index (χ2v) is 7.38. The Kier molecular flexibility index (Phi) is 5.36. The Morgan fingerprint density at radius 1 is 1.17 bits per heavy atom. The van der Waals surface area contributed by atoms with Crippen molar-refractivity contribution in [3.8, 4) is 0 Å². The number of hydrogen-bond donors (Lipinski definition) is 1. The van der Waals surface area contributed by atoms with Gasteiger partial charge in [-0.2, -0.15) is 0 Å². The van der Waals surface area contributed by atoms with Gasteiger partial charge in [0.2, 0.25) is 11.8 Å². The first-order valence-corrected chi connectivity index (χ1v) is 9.27. The lowest BCUT2D eigenvalue weighted by molar-refractivity contribution is -0.132. The molecular formula is C18H23BrN2O2. The van der Waals surface area contributed by atoms with Crippen LogP contribution in [0.5, 0.6) is 0 Å². The van der Waals surface area contributed by atoms with Crippen LogP contribution in [0.3, 0.4) is 0 Å². The van der Waals surface area contributed by atoms with Crippen molar-refractivity contribution in [1.29, 1.82) is 0 Å². The lowest BCUT2D eigenvalue weighted by atomic mass is 10.0. The van der Waals surface area contributed by atoms with Crippen molar-refractivity contribution >= 4 is 27.7 Å². The molecule has 124 valence electrons. The molecule has 2 fully saturated rings. The number of carbonyl (C=O) groups excluding carboxylic acids is 2. The third kappa shape index (κ3) is 4.34. The van der Waals surface area contributed by atoms with E-state index in [0.29, 0.717) is 13.0 Å². The SMILES string of the molecule is O=C(NCCCC(=O)N1CCC[C@@H]1c1ccc(Br)cc1)C1CC1. The van der Waals surface area contributed by atoms with Gasteiger partial charge in [-0.05, 0) is 49.8 Å². The minimum absolute atomic E-state index is 0.159. The molecule has 1 N–H and O–H groups in total. The van der Waals surface area contributed by atoms with Gasteiger partial charge < -0.3 is 10.2 Å². The maximum Gasteiger partial charge on any atom is 0.223 e. The molecule has 1 saturated carbocycles. The van der Waals surface area contributed by atoms with Gasteiger partial charge in [-0.1, -0.05) is 28.1 Å². The van der Waals surface area contributed by atoms with Crippen molar-refractivity contribution in [1.82, 2.24) is 10.2 Å². The zero-order chi connectivity index (χ0) is 16.2. The second-order valence-electron chi connectivity index (χ2n) is 6.47. The smallest absolute Gasteiger partial charge is 0.223 e. The van der Waals surface area contributed by atoms with Gasteiger partial charge in [0.25, 0.3) is 0 Å². The molecule has 1 aromatic rings. The normalized spacial score (nSPS) is 20.6. The number of nitrogens with one attached hydrogen (secondary N) is 1. The molecule has 1 aliphatic carbocycles. The zero-order valence-corrected chi connectivity index (χ0v) is 14.8. The zero-order valence-electron chi connectivity index (χ0n) is 13.3. The van der Waals surface area contributed by atoms with Gasteiger partial charge in [0.1, 0.15) is 0 Å². The minimum Gasteiger partial charge on any atom is -0.356 e. The average Bonchev–Trinajstić information content (AvgIpc) is 3.29. The summed E-state index contributed by atoms with van der Waals surface area (Å²) in [5, 5.41) is 2.92. The van der Waals surface area contributed by atoms with E-state index in [9.17, 15) is 9.59 Å². The van der Waals surface area contributed by atoms with Gasteiger partial charge in [-0.3, -0.25) is 9.59 Å². The van der Waals surface area contributed by atoms with Crippen LogP contribution in [0.2, 0.25) is 0 Å². The fourth-order valence-corrected chi connectivity index (χ4v) is 3.45. The van der Waals surface area contributed by atoms with Crippen LogP contribution in [-0.2, 0) is 9.59 Å². The quantitative estimate of drug-likeness (QED) is 0.770. The monoisotopic (exact) mass is 378 g/mol. The van der Waals surface area contributed by atoms with E-state index in [2.05, 4.69) is 33.4 Å². The maximum atomic E-state index is 12.5. The second kappa shape index (κ2) is 7.47. The summed E-state index contributed by atoms with van der Waals surface area (Å²) in [5.41, 5.74) is 1.21. The molecule has 1 aromatic carbocycles. The first-order valence-electron chi connectivity index (χ1n) is 8.48. The predicted molar refractivity (Wildman–Crippen MR) is 92.8 cm³/mol. The van der Waals surface area contributed by atoms with E-state index in [-0.39, 0.29) is 23.8 Å². The molecule has 1 aliphatic heterocycles. The molecule has 1 saturated heterocycles. The molecular weight excluding hydrogens is 356 g/mol. The molecule has 23 heavy (non-hydrogen) atoms. The lowest BCUT2D eigenvalue weighted by Crippen LogP contribution is -2.32. The van der Waals surface area contributed by atoms with Crippen LogP contribution in [0, 0.1) is 5.92 Å². The highest BCUT2D eigenvalue weighted by Gasteiger charge is 2.30. The number of likely N-dealkylation sites (tertiary alicyclic amines) is 1. The highest BCUT2D eigenvalue weighted by Crippen LogP contribution is 2.33. The van der Waals surface area contributed by atoms with Gasteiger partial charge in [0.15, 0.2) is 0 Å². The van der Waals surface area contributed by atoms with Crippen molar-refractivity contribution in [3.05, 3.63) is 34.3 Å². The first kappa shape index (κ1) is 16.5. The van der Waals surface area contributed by atoms with E-state index in [1.165, 1.54) is 5.56 Å². The highest BCUT2D eigenvalue weighted by molar-refractivity contribution is 9.10. The van der Waals surface area contributed by atoms with E-state index in [4.69, 9.17) is 0 Å². The number of benzene rings is 1. The van der Waals surface area contributed by atoms with E-state index < -0.39 is 0 Å². The number of carbonyl (C=O) groups is 2. The van der Waals surface area contributed by atoms with E-state index >= 15 is 0 Å². The number of nitrogens with zero attached hydrogens (tertiary/aromatic N) is 1. The molecule has 0 radical (unpaired) electrons. The topological polar surface area (TPSA) is 49.4 Å². The summed E-state index contributed by atoms with van der Waals surface area (Å²) >= 11 is 3.45. The fourth-order valence-electron chi connectivity index (χ4n) is 3.18. The fraction of sp³-hybridized carbons (Fsp3) is 0.556. The minimum atomic E-state index is 0.159. The Balaban J connectivity index is 1.47. The molecule has 1 atom stereocenters. The molecule has 2 amide bonds. The van der Waals surface area contributed by atoms with Crippen LogP contribution < -0.4 is 5.32 Å². The van der Waals surface area contributed by atoms with E-state index in [0.717, 1.165) is 43.1 Å². The third-order valence-electron chi connectivity index (χ3n) is 4.64. The van der Waals surface area contributed by atoms with Crippen LogP contribution in [-0.4, -0.2) is 29.8 Å². The molecule has 0 unspecified atom stereocenters. The van der Waals surface area contributed by atoms with Gasteiger partial charge in [-0.15, -0.1) is 0 Å². The van der Waals surface area contributed by atoms with Gasteiger partial charge in [0.05, 0.1) is 6.04 Å². The van der Waals surface area contributed by atoms with E-state index in [1.54, 1.807) is 0 Å². The first-order chi connectivity index (χ1) is 11.1. The molecule has 4 nitrogen and oxygen atoms in total.